The molecule has 86 valence electrons. The molecule has 0 aliphatic rings. The van der Waals surface area contributed by atoms with Crippen molar-refractivity contribution in [2.75, 3.05) is 7.11 Å². The maximum absolute atomic E-state index is 5.50. The molecule has 0 radical (unpaired) electrons. The van der Waals surface area contributed by atoms with E-state index < -0.39 is 0 Å². The highest BCUT2D eigenvalue weighted by Gasteiger charge is 2.09. The lowest BCUT2D eigenvalue weighted by Crippen LogP contribution is -2.35. The van der Waals surface area contributed by atoms with Crippen molar-refractivity contribution >= 4 is 0 Å². The highest BCUT2D eigenvalue weighted by atomic mass is 16.5. The van der Waals surface area contributed by atoms with Crippen molar-refractivity contribution in [3.05, 3.63) is 0 Å². The summed E-state index contributed by atoms with van der Waals surface area (Å²) in [6, 6.07) is 0.440. The molecule has 3 N–H and O–H groups in total. The first-order valence-electron chi connectivity index (χ1n) is 5.59. The number of hydrogen-bond donors (Lipinski definition) is 2. The Hall–Kier alpha value is -0.120. The molecule has 0 aliphatic carbocycles. The van der Waals surface area contributed by atoms with Crippen molar-refractivity contribution in [2.24, 2.45) is 11.8 Å². The monoisotopic (exact) mass is 202 g/mol. The van der Waals surface area contributed by atoms with Gasteiger partial charge in [0.1, 0.15) is 0 Å². The minimum Gasteiger partial charge on any atom is -0.382 e. The van der Waals surface area contributed by atoms with Gasteiger partial charge in [-0.15, -0.1) is 0 Å². The van der Waals surface area contributed by atoms with Gasteiger partial charge < -0.3 is 4.74 Å². The van der Waals surface area contributed by atoms with E-state index in [1.165, 1.54) is 6.42 Å². The Morgan fingerprint density at radius 3 is 2.07 bits per heavy atom. The summed E-state index contributed by atoms with van der Waals surface area (Å²) in [7, 11) is 1.75. The quantitative estimate of drug-likeness (QED) is 0.468. The molecule has 14 heavy (non-hydrogen) atoms. The molecule has 2 unspecified atom stereocenters. The van der Waals surface area contributed by atoms with E-state index in [0.717, 1.165) is 25.2 Å². The van der Waals surface area contributed by atoms with Crippen LogP contribution in [0.25, 0.3) is 0 Å². The molecular formula is C11H26N2O. The predicted octanol–water partition coefficient (Wildman–Crippen LogP) is 2.07. The summed E-state index contributed by atoms with van der Waals surface area (Å²) in [5.74, 6) is 6.25. The van der Waals surface area contributed by atoms with Gasteiger partial charge in [0, 0.05) is 13.2 Å². The summed E-state index contributed by atoms with van der Waals surface area (Å²) >= 11 is 0. The van der Waals surface area contributed by atoms with Crippen molar-refractivity contribution < 1.29 is 4.74 Å². The molecule has 0 aliphatic heterocycles. The van der Waals surface area contributed by atoms with E-state index in [2.05, 4.69) is 26.2 Å². The fourth-order valence-electron chi connectivity index (χ4n) is 1.40. The van der Waals surface area contributed by atoms with E-state index >= 15 is 0 Å². The Kier molecular flexibility index (Phi) is 8.14. The molecule has 0 rings (SSSR count). The van der Waals surface area contributed by atoms with Crippen LogP contribution >= 0.6 is 0 Å². The summed E-state index contributed by atoms with van der Waals surface area (Å²) in [6.45, 7) is 6.58. The molecule has 0 bridgehead atoms. The van der Waals surface area contributed by atoms with Gasteiger partial charge in [-0.3, -0.25) is 11.3 Å². The number of methoxy groups -OCH3 is 1. The Labute approximate surface area is 88.4 Å². The fourth-order valence-corrected chi connectivity index (χ4v) is 1.40. The van der Waals surface area contributed by atoms with Gasteiger partial charge in [0.15, 0.2) is 0 Å². The van der Waals surface area contributed by atoms with E-state index in [9.17, 15) is 0 Å². The molecule has 0 saturated carbocycles. The average molecular weight is 202 g/mol. The second kappa shape index (κ2) is 8.21. The SMILES string of the molecule is COC(C)CCC(CCC(C)C)NN. The van der Waals surface area contributed by atoms with Crippen molar-refractivity contribution in [2.45, 2.75) is 58.6 Å². The van der Waals surface area contributed by atoms with E-state index in [1.807, 2.05) is 0 Å². The van der Waals surface area contributed by atoms with Crippen LogP contribution in [0.5, 0.6) is 0 Å². The average Bonchev–Trinajstić information content (AvgIpc) is 2.17. The van der Waals surface area contributed by atoms with E-state index in [0.29, 0.717) is 12.1 Å². The van der Waals surface area contributed by atoms with Crippen LogP contribution in [-0.2, 0) is 4.74 Å². The zero-order valence-electron chi connectivity index (χ0n) is 10.0. The summed E-state index contributed by atoms with van der Waals surface area (Å²) in [4.78, 5) is 0. The molecule has 3 heteroatoms. The molecule has 0 saturated heterocycles. The fraction of sp³-hybridized carbons (Fsp3) is 1.00. The lowest BCUT2D eigenvalue weighted by atomic mass is 9.99. The van der Waals surface area contributed by atoms with Crippen molar-refractivity contribution in [3.63, 3.8) is 0 Å². The number of rotatable bonds is 8. The summed E-state index contributed by atoms with van der Waals surface area (Å²) < 4.78 is 5.20. The molecule has 2 atom stereocenters. The Bertz CT molecular complexity index is 128. The molecule has 0 aromatic carbocycles. The summed E-state index contributed by atoms with van der Waals surface area (Å²) in [5, 5.41) is 0. The number of nitrogens with one attached hydrogen (secondary N) is 1. The van der Waals surface area contributed by atoms with Crippen molar-refractivity contribution in [3.8, 4) is 0 Å². The topological polar surface area (TPSA) is 47.3 Å². The van der Waals surface area contributed by atoms with Crippen LogP contribution in [-0.4, -0.2) is 19.3 Å². The van der Waals surface area contributed by atoms with Crippen LogP contribution in [0, 0.1) is 5.92 Å². The van der Waals surface area contributed by atoms with Gasteiger partial charge in [0.2, 0.25) is 0 Å². The zero-order valence-corrected chi connectivity index (χ0v) is 10.0. The predicted molar refractivity (Wildman–Crippen MR) is 60.9 cm³/mol. The van der Waals surface area contributed by atoms with Crippen LogP contribution < -0.4 is 11.3 Å². The number of ether oxygens (including phenoxy) is 1. The van der Waals surface area contributed by atoms with Crippen molar-refractivity contribution in [1.82, 2.24) is 5.43 Å². The van der Waals surface area contributed by atoms with Crippen LogP contribution in [0.2, 0.25) is 0 Å². The molecule has 0 fully saturated rings. The Balaban J connectivity index is 3.57. The zero-order chi connectivity index (χ0) is 11.0. The van der Waals surface area contributed by atoms with Crippen LogP contribution in [0.4, 0.5) is 0 Å². The molecule has 0 spiro atoms. The van der Waals surface area contributed by atoms with Gasteiger partial charge in [0.05, 0.1) is 6.10 Å². The molecule has 0 heterocycles. The van der Waals surface area contributed by atoms with Gasteiger partial charge in [-0.1, -0.05) is 13.8 Å². The van der Waals surface area contributed by atoms with Gasteiger partial charge >= 0.3 is 0 Å². The van der Waals surface area contributed by atoms with Crippen molar-refractivity contribution in [1.29, 1.82) is 0 Å². The highest BCUT2D eigenvalue weighted by molar-refractivity contribution is 4.66. The first-order valence-corrected chi connectivity index (χ1v) is 5.59. The lowest BCUT2D eigenvalue weighted by molar-refractivity contribution is 0.105. The number of nitrogens with two attached hydrogens (primary N) is 1. The Morgan fingerprint density at radius 1 is 1.07 bits per heavy atom. The molecule has 0 aromatic rings. The standard InChI is InChI=1S/C11H26N2O/c1-9(2)5-7-11(13-12)8-6-10(3)14-4/h9-11,13H,5-8,12H2,1-4H3. The maximum Gasteiger partial charge on any atom is 0.0543 e. The number of hydrogen-bond acceptors (Lipinski definition) is 3. The van der Waals surface area contributed by atoms with Gasteiger partial charge in [-0.05, 0) is 38.5 Å². The molecule has 3 nitrogen and oxygen atoms in total. The minimum absolute atomic E-state index is 0.338. The van der Waals surface area contributed by atoms with Gasteiger partial charge in [-0.25, -0.2) is 0 Å². The van der Waals surface area contributed by atoms with Crippen LogP contribution in [0.15, 0.2) is 0 Å². The largest absolute Gasteiger partial charge is 0.382 e. The third-order valence-electron chi connectivity index (χ3n) is 2.65. The van der Waals surface area contributed by atoms with Gasteiger partial charge in [-0.2, -0.15) is 0 Å². The number of hydrazine groups is 1. The van der Waals surface area contributed by atoms with E-state index in [-0.39, 0.29) is 0 Å². The summed E-state index contributed by atoms with van der Waals surface area (Å²) in [6.07, 6.45) is 4.90. The van der Waals surface area contributed by atoms with E-state index in [1.54, 1.807) is 7.11 Å². The van der Waals surface area contributed by atoms with Gasteiger partial charge in [0.25, 0.3) is 0 Å². The highest BCUT2D eigenvalue weighted by Crippen LogP contribution is 2.11. The minimum atomic E-state index is 0.338. The second-order valence-corrected chi connectivity index (χ2v) is 4.46. The van der Waals surface area contributed by atoms with Crippen LogP contribution in [0.1, 0.15) is 46.5 Å². The third kappa shape index (κ3) is 7.30. The molecule has 0 amide bonds. The lowest BCUT2D eigenvalue weighted by Gasteiger charge is -2.18. The smallest absolute Gasteiger partial charge is 0.0543 e. The first-order chi connectivity index (χ1) is 6.60. The van der Waals surface area contributed by atoms with Crippen LogP contribution in [0.3, 0.4) is 0 Å². The second-order valence-electron chi connectivity index (χ2n) is 4.46. The maximum atomic E-state index is 5.50. The normalized spacial score (nSPS) is 15.9. The Morgan fingerprint density at radius 2 is 1.64 bits per heavy atom. The summed E-state index contributed by atoms with van der Waals surface area (Å²) in [5.41, 5.74) is 2.88. The molecule has 0 aromatic heterocycles. The van der Waals surface area contributed by atoms with E-state index in [4.69, 9.17) is 10.6 Å². The third-order valence-corrected chi connectivity index (χ3v) is 2.65. The molecular weight excluding hydrogens is 176 g/mol. The first kappa shape index (κ1) is 13.9.